The van der Waals surface area contributed by atoms with Crippen LogP contribution in [0.5, 0.6) is 0 Å². The minimum atomic E-state index is 0.963. The molecule has 0 aromatic heterocycles. The summed E-state index contributed by atoms with van der Waals surface area (Å²) in [5.74, 6) is 0.963. The van der Waals surface area contributed by atoms with E-state index in [1.54, 1.807) is 0 Å². The number of hydrogen-bond acceptors (Lipinski definition) is 0. The molecule has 0 saturated heterocycles. The van der Waals surface area contributed by atoms with E-state index >= 15 is 0 Å². The van der Waals surface area contributed by atoms with Crippen LogP contribution < -0.4 is 0 Å². The van der Waals surface area contributed by atoms with E-state index < -0.39 is 0 Å². The van der Waals surface area contributed by atoms with Gasteiger partial charge in [0.15, 0.2) is 0 Å². The Bertz CT molecular complexity index is 431. The van der Waals surface area contributed by atoms with E-state index in [1.165, 1.54) is 173 Å². The molecule has 1 aliphatic carbocycles. The molecular weight excluding hydrogens is 396 g/mol. The normalized spacial score (nSPS) is 16.3. The fourth-order valence-electron chi connectivity index (χ4n) is 6.05. The molecule has 1 atom stereocenters. The minimum Gasteiger partial charge on any atom is -0.0707 e. The molecule has 0 heteroatoms. The SMILES string of the molecule is CCCCCCCCCCC1=C(CCCCCCCCCC)C(CCCCCCCC)CC1. The van der Waals surface area contributed by atoms with Crippen molar-refractivity contribution in [3.63, 3.8) is 0 Å². The lowest BCUT2D eigenvalue weighted by molar-refractivity contribution is 0.482. The molecule has 0 aliphatic heterocycles. The van der Waals surface area contributed by atoms with Gasteiger partial charge in [0, 0.05) is 0 Å². The molecule has 0 heterocycles. The Balaban J connectivity index is 2.34. The number of rotatable bonds is 25. The van der Waals surface area contributed by atoms with Crippen LogP contribution >= 0.6 is 0 Å². The fraction of sp³-hybridized carbons (Fsp3) is 0.939. The van der Waals surface area contributed by atoms with Gasteiger partial charge in [0.25, 0.3) is 0 Å². The van der Waals surface area contributed by atoms with Gasteiger partial charge < -0.3 is 0 Å². The van der Waals surface area contributed by atoms with Crippen LogP contribution in [0.1, 0.15) is 194 Å². The Morgan fingerprint density at radius 3 is 1.33 bits per heavy atom. The molecule has 0 spiro atoms. The molecule has 0 aromatic carbocycles. The van der Waals surface area contributed by atoms with Gasteiger partial charge in [-0.25, -0.2) is 0 Å². The minimum absolute atomic E-state index is 0.963. The van der Waals surface area contributed by atoms with E-state index in [0.29, 0.717) is 0 Å². The molecule has 33 heavy (non-hydrogen) atoms. The third-order valence-corrected chi connectivity index (χ3v) is 8.28. The maximum Gasteiger partial charge on any atom is -0.0198 e. The first-order valence-electron chi connectivity index (χ1n) is 16.0. The fourth-order valence-corrected chi connectivity index (χ4v) is 6.05. The van der Waals surface area contributed by atoms with Crippen molar-refractivity contribution in [3.05, 3.63) is 11.1 Å². The van der Waals surface area contributed by atoms with Crippen molar-refractivity contribution in [1.82, 2.24) is 0 Å². The summed E-state index contributed by atoms with van der Waals surface area (Å²) in [6.45, 7) is 6.97. The van der Waals surface area contributed by atoms with Crippen LogP contribution in [0.25, 0.3) is 0 Å². The van der Waals surface area contributed by atoms with Gasteiger partial charge in [0.05, 0.1) is 0 Å². The second kappa shape index (κ2) is 23.5. The van der Waals surface area contributed by atoms with Gasteiger partial charge in [-0.05, 0) is 50.9 Å². The average Bonchev–Trinajstić information content (AvgIpc) is 3.21. The van der Waals surface area contributed by atoms with Crippen molar-refractivity contribution in [1.29, 1.82) is 0 Å². The highest BCUT2D eigenvalue weighted by molar-refractivity contribution is 5.23. The van der Waals surface area contributed by atoms with Crippen molar-refractivity contribution in [2.75, 3.05) is 0 Å². The summed E-state index contributed by atoms with van der Waals surface area (Å²) in [4.78, 5) is 0. The molecule has 0 amide bonds. The van der Waals surface area contributed by atoms with Gasteiger partial charge in [-0.15, -0.1) is 0 Å². The summed E-state index contributed by atoms with van der Waals surface area (Å²) < 4.78 is 0. The zero-order valence-electron chi connectivity index (χ0n) is 23.7. The predicted molar refractivity (Wildman–Crippen MR) is 152 cm³/mol. The van der Waals surface area contributed by atoms with Gasteiger partial charge in [-0.1, -0.05) is 160 Å². The summed E-state index contributed by atoms with van der Waals surface area (Å²) in [7, 11) is 0. The molecule has 1 unspecified atom stereocenters. The van der Waals surface area contributed by atoms with E-state index in [2.05, 4.69) is 20.8 Å². The molecule has 0 aromatic rings. The molecule has 0 fully saturated rings. The van der Waals surface area contributed by atoms with E-state index in [-0.39, 0.29) is 0 Å². The van der Waals surface area contributed by atoms with Crippen LogP contribution in [0.2, 0.25) is 0 Å². The smallest absolute Gasteiger partial charge is 0.0198 e. The Hall–Kier alpha value is -0.260. The van der Waals surface area contributed by atoms with Crippen molar-refractivity contribution < 1.29 is 0 Å². The van der Waals surface area contributed by atoms with Gasteiger partial charge in [-0.2, -0.15) is 0 Å². The first kappa shape index (κ1) is 30.8. The van der Waals surface area contributed by atoms with Crippen molar-refractivity contribution in [3.8, 4) is 0 Å². The standard InChI is InChI=1S/C33H64/c1-4-7-10-13-16-18-21-24-27-32-30-29-31(26-23-20-15-12-9-6-3)33(32)28-25-22-19-17-14-11-8-5-2/h31H,4-30H2,1-3H3. The third-order valence-electron chi connectivity index (χ3n) is 8.28. The number of allylic oxidation sites excluding steroid dienone is 2. The van der Waals surface area contributed by atoms with E-state index in [1.807, 2.05) is 11.1 Å². The summed E-state index contributed by atoms with van der Waals surface area (Å²) in [5, 5.41) is 0. The van der Waals surface area contributed by atoms with Crippen molar-refractivity contribution in [2.45, 2.75) is 194 Å². The van der Waals surface area contributed by atoms with Crippen LogP contribution in [0.15, 0.2) is 11.1 Å². The zero-order valence-corrected chi connectivity index (χ0v) is 23.7. The Morgan fingerprint density at radius 1 is 0.455 bits per heavy atom. The summed E-state index contributed by atoms with van der Waals surface area (Å²) >= 11 is 0. The maximum atomic E-state index is 2.33. The first-order valence-corrected chi connectivity index (χ1v) is 16.0. The molecule has 1 rings (SSSR count). The van der Waals surface area contributed by atoms with Gasteiger partial charge >= 0.3 is 0 Å². The summed E-state index contributed by atoms with van der Waals surface area (Å²) in [6, 6.07) is 0. The quantitative estimate of drug-likeness (QED) is 0.0938. The molecule has 1 aliphatic rings. The van der Waals surface area contributed by atoms with Crippen molar-refractivity contribution in [2.24, 2.45) is 5.92 Å². The monoisotopic (exact) mass is 461 g/mol. The van der Waals surface area contributed by atoms with E-state index in [4.69, 9.17) is 0 Å². The highest BCUT2D eigenvalue weighted by Crippen LogP contribution is 2.40. The van der Waals surface area contributed by atoms with Crippen LogP contribution in [0.4, 0.5) is 0 Å². The average molecular weight is 461 g/mol. The topological polar surface area (TPSA) is 0 Å². The molecule has 0 saturated carbocycles. The van der Waals surface area contributed by atoms with Crippen LogP contribution in [0, 0.1) is 5.92 Å². The van der Waals surface area contributed by atoms with Gasteiger partial charge in [0.1, 0.15) is 0 Å². The highest BCUT2D eigenvalue weighted by atomic mass is 14.3. The summed E-state index contributed by atoms with van der Waals surface area (Å²) in [6.07, 6.45) is 39.3. The lowest BCUT2D eigenvalue weighted by Crippen LogP contribution is -2.01. The molecule has 0 radical (unpaired) electrons. The molecule has 0 N–H and O–H groups in total. The maximum absolute atomic E-state index is 2.33. The first-order chi connectivity index (χ1) is 16.3. The second-order valence-electron chi connectivity index (χ2n) is 11.4. The number of hydrogen-bond donors (Lipinski definition) is 0. The van der Waals surface area contributed by atoms with E-state index in [0.717, 1.165) is 5.92 Å². The Morgan fingerprint density at radius 2 is 0.848 bits per heavy atom. The van der Waals surface area contributed by atoms with Crippen LogP contribution in [-0.2, 0) is 0 Å². The summed E-state index contributed by atoms with van der Waals surface area (Å²) in [5.41, 5.74) is 3.90. The second-order valence-corrected chi connectivity index (χ2v) is 11.4. The van der Waals surface area contributed by atoms with Gasteiger partial charge in [0.2, 0.25) is 0 Å². The molecule has 0 bridgehead atoms. The molecule has 196 valence electrons. The zero-order chi connectivity index (χ0) is 23.8. The third kappa shape index (κ3) is 16.9. The van der Waals surface area contributed by atoms with Crippen molar-refractivity contribution >= 4 is 0 Å². The predicted octanol–water partition coefficient (Wildman–Crippen LogP) is 12.5. The molecular formula is C33H64. The lowest BCUT2D eigenvalue weighted by Gasteiger charge is -2.17. The van der Waals surface area contributed by atoms with Crippen LogP contribution in [0.3, 0.4) is 0 Å². The Labute approximate surface area is 211 Å². The lowest BCUT2D eigenvalue weighted by atomic mass is 9.89. The Kier molecular flexibility index (Phi) is 21.9. The molecule has 0 nitrogen and oxygen atoms in total. The largest absolute Gasteiger partial charge is 0.0707 e. The van der Waals surface area contributed by atoms with Gasteiger partial charge in [-0.3, -0.25) is 0 Å². The number of unbranched alkanes of at least 4 members (excludes halogenated alkanes) is 19. The highest BCUT2D eigenvalue weighted by Gasteiger charge is 2.24. The van der Waals surface area contributed by atoms with Crippen LogP contribution in [-0.4, -0.2) is 0 Å². The van der Waals surface area contributed by atoms with E-state index in [9.17, 15) is 0 Å².